The lowest BCUT2D eigenvalue weighted by Gasteiger charge is -2.15. The lowest BCUT2D eigenvalue weighted by atomic mass is 10.5. The molecule has 0 radical (unpaired) electrons. The van der Waals surface area contributed by atoms with E-state index >= 15 is 0 Å². The van der Waals surface area contributed by atoms with Crippen molar-refractivity contribution in [2.75, 3.05) is 19.8 Å². The third kappa shape index (κ3) is 8.43. The van der Waals surface area contributed by atoms with Crippen LogP contribution in [-0.2, 0) is 13.3 Å². The van der Waals surface area contributed by atoms with Crippen LogP contribution in [0.15, 0.2) is 0 Å². The lowest BCUT2D eigenvalue weighted by Crippen LogP contribution is -2.28. The second kappa shape index (κ2) is 10.2. The van der Waals surface area contributed by atoms with E-state index in [0.29, 0.717) is 0 Å². The van der Waals surface area contributed by atoms with Crippen molar-refractivity contribution < 1.29 is 14.7 Å². The molecular weight excluding hydrogens is 184 g/mol. The van der Waals surface area contributed by atoms with Crippen LogP contribution in [-0.4, -0.2) is 29.3 Å². The summed E-state index contributed by atoms with van der Waals surface area (Å²) in [6.07, 6.45) is 3.07. The maximum Gasteiger partial charge on any atom is 1.00 e. The molecule has 0 aromatic carbocycles. The second-order valence-electron chi connectivity index (χ2n) is 2.90. The summed E-state index contributed by atoms with van der Waals surface area (Å²) in [5, 5.41) is 0. The predicted molar refractivity (Wildman–Crippen MR) is 57.0 cm³/mol. The normalized spacial score (nSPS) is 11.1. The first-order valence-electron chi connectivity index (χ1n) is 5.19. The van der Waals surface area contributed by atoms with Crippen molar-refractivity contribution >= 4 is 9.53 Å². The van der Waals surface area contributed by atoms with Crippen LogP contribution >= 0.6 is 0 Å². The zero-order valence-corrected chi connectivity index (χ0v) is 10.2. The van der Waals surface area contributed by atoms with Crippen LogP contribution in [0.1, 0.15) is 41.5 Å². The van der Waals surface area contributed by atoms with Gasteiger partial charge in [0.2, 0.25) is 0 Å². The molecule has 0 saturated carbocycles. The minimum absolute atomic E-state index is 0. The summed E-state index contributed by atoms with van der Waals surface area (Å²) >= 11 is 0. The summed E-state index contributed by atoms with van der Waals surface area (Å²) in [5.41, 5.74) is 0. The molecule has 0 aliphatic heterocycles. The highest BCUT2D eigenvalue weighted by Gasteiger charge is 2.13. The zero-order valence-electron chi connectivity index (χ0n) is 10.0. The van der Waals surface area contributed by atoms with Crippen molar-refractivity contribution in [3.63, 3.8) is 0 Å². The minimum atomic E-state index is -1.79. The van der Waals surface area contributed by atoms with Crippen molar-refractivity contribution in [2.24, 2.45) is 0 Å². The first-order valence-corrected chi connectivity index (χ1v) is 6.61. The van der Waals surface area contributed by atoms with E-state index in [4.69, 9.17) is 13.3 Å². The fraction of sp³-hybridized carbons (Fsp3) is 1.00. The van der Waals surface area contributed by atoms with E-state index in [9.17, 15) is 0 Å². The maximum absolute atomic E-state index is 5.49. The molecule has 3 nitrogen and oxygen atoms in total. The summed E-state index contributed by atoms with van der Waals surface area (Å²) in [5.74, 6) is 0. The Labute approximate surface area is 84.8 Å². The van der Waals surface area contributed by atoms with Crippen molar-refractivity contribution in [2.45, 2.75) is 40.0 Å². The molecule has 0 atom stereocenters. The van der Waals surface area contributed by atoms with Crippen molar-refractivity contribution in [1.29, 1.82) is 0 Å². The minimum Gasteiger partial charge on any atom is -0.376 e. The van der Waals surface area contributed by atoms with Gasteiger partial charge in [-0.1, -0.05) is 20.8 Å². The Morgan fingerprint density at radius 3 is 1.31 bits per heavy atom. The predicted octanol–water partition coefficient (Wildman–Crippen LogP) is 2.10. The summed E-state index contributed by atoms with van der Waals surface area (Å²) in [7, 11) is -1.79. The SMILES string of the molecule is CCCO[SiH](OCCC)OCCC.[H+]. The third-order valence-electron chi connectivity index (χ3n) is 1.37. The Balaban J connectivity index is 0. The lowest BCUT2D eigenvalue weighted by molar-refractivity contribution is 0.0933. The van der Waals surface area contributed by atoms with Gasteiger partial charge in [0.05, 0.1) is 0 Å². The average molecular weight is 207 g/mol. The highest BCUT2D eigenvalue weighted by Crippen LogP contribution is 1.96. The molecule has 0 amide bonds. The van der Waals surface area contributed by atoms with Gasteiger partial charge >= 0.3 is 11.0 Å². The smallest absolute Gasteiger partial charge is 0.376 e. The molecule has 80 valence electrons. The molecule has 0 aromatic rings. The Morgan fingerprint density at radius 1 is 0.769 bits per heavy atom. The Hall–Kier alpha value is 0.0969. The monoisotopic (exact) mass is 207 g/mol. The van der Waals surface area contributed by atoms with Crippen LogP contribution in [0, 0.1) is 0 Å². The molecule has 0 aliphatic rings. The van der Waals surface area contributed by atoms with Gasteiger partial charge in [-0.15, -0.1) is 0 Å². The second-order valence-corrected chi connectivity index (χ2v) is 4.48. The van der Waals surface area contributed by atoms with Crippen molar-refractivity contribution in [3.05, 3.63) is 0 Å². The molecule has 4 heteroatoms. The van der Waals surface area contributed by atoms with Gasteiger partial charge in [-0.2, -0.15) is 0 Å². The van der Waals surface area contributed by atoms with E-state index < -0.39 is 9.53 Å². The molecule has 0 heterocycles. The molecule has 0 spiro atoms. The largest absolute Gasteiger partial charge is 1.00 e. The molecule has 0 saturated heterocycles. The van der Waals surface area contributed by atoms with Crippen LogP contribution in [0.25, 0.3) is 0 Å². The van der Waals surface area contributed by atoms with Crippen LogP contribution in [0.3, 0.4) is 0 Å². The fourth-order valence-corrected chi connectivity index (χ4v) is 2.36. The van der Waals surface area contributed by atoms with E-state index in [0.717, 1.165) is 39.1 Å². The van der Waals surface area contributed by atoms with E-state index in [1.807, 2.05) is 0 Å². The molecule has 0 N–H and O–H groups in total. The van der Waals surface area contributed by atoms with Crippen LogP contribution in [0.5, 0.6) is 0 Å². The maximum atomic E-state index is 5.49. The quantitative estimate of drug-likeness (QED) is 0.542. The fourth-order valence-electron chi connectivity index (χ4n) is 0.787. The summed E-state index contributed by atoms with van der Waals surface area (Å²) in [4.78, 5) is 0. The summed E-state index contributed by atoms with van der Waals surface area (Å²) < 4.78 is 16.5. The number of hydrogen-bond donors (Lipinski definition) is 0. The van der Waals surface area contributed by atoms with Gasteiger partial charge in [0.25, 0.3) is 0 Å². The van der Waals surface area contributed by atoms with Crippen LogP contribution in [0.2, 0.25) is 0 Å². The van der Waals surface area contributed by atoms with Gasteiger partial charge in [-0.3, -0.25) is 0 Å². The molecule has 0 fully saturated rings. The van der Waals surface area contributed by atoms with Gasteiger partial charge in [0.1, 0.15) is 0 Å². The van der Waals surface area contributed by atoms with Gasteiger partial charge in [-0.05, 0) is 19.3 Å². The Bertz CT molecular complexity index is 87.0. The average Bonchev–Trinajstić information content (AvgIpc) is 2.17. The zero-order chi connectivity index (χ0) is 9.94. The molecule has 13 heavy (non-hydrogen) atoms. The van der Waals surface area contributed by atoms with E-state index in [-0.39, 0.29) is 1.43 Å². The molecular formula is C9H23O3Si+. The molecule has 0 unspecified atom stereocenters. The van der Waals surface area contributed by atoms with Crippen molar-refractivity contribution in [3.8, 4) is 0 Å². The molecule has 0 rings (SSSR count). The molecule has 0 aliphatic carbocycles. The summed E-state index contributed by atoms with van der Waals surface area (Å²) in [6, 6.07) is 0. The highest BCUT2D eigenvalue weighted by molar-refractivity contribution is 6.36. The number of rotatable bonds is 9. The summed E-state index contributed by atoms with van der Waals surface area (Å²) in [6.45, 7) is 8.53. The standard InChI is InChI=1S/C9H22O3Si/c1-4-7-10-13(11-8-5-2)12-9-6-3/h13H,4-9H2,1-3H3/p+1. The van der Waals surface area contributed by atoms with E-state index in [2.05, 4.69) is 20.8 Å². The van der Waals surface area contributed by atoms with E-state index in [1.54, 1.807) is 0 Å². The molecule has 0 aromatic heterocycles. The first kappa shape index (κ1) is 13.1. The molecule has 0 bridgehead atoms. The Kier molecular flexibility index (Phi) is 10.3. The van der Waals surface area contributed by atoms with Gasteiger partial charge in [-0.25, -0.2) is 0 Å². The van der Waals surface area contributed by atoms with Crippen LogP contribution < -0.4 is 0 Å². The van der Waals surface area contributed by atoms with Crippen LogP contribution in [0.4, 0.5) is 0 Å². The third-order valence-corrected chi connectivity index (χ3v) is 2.90. The highest BCUT2D eigenvalue weighted by atomic mass is 28.3. The number of hydrogen-bond acceptors (Lipinski definition) is 3. The topological polar surface area (TPSA) is 27.7 Å². The van der Waals surface area contributed by atoms with Gasteiger partial charge in [0.15, 0.2) is 0 Å². The van der Waals surface area contributed by atoms with Gasteiger partial charge in [0, 0.05) is 19.8 Å². The van der Waals surface area contributed by atoms with Gasteiger partial charge < -0.3 is 13.3 Å². The van der Waals surface area contributed by atoms with E-state index in [1.165, 1.54) is 0 Å². The van der Waals surface area contributed by atoms with Crippen molar-refractivity contribution in [1.82, 2.24) is 0 Å². The first-order chi connectivity index (χ1) is 6.35. The Morgan fingerprint density at radius 2 is 1.08 bits per heavy atom.